The third kappa shape index (κ3) is 3.98. The summed E-state index contributed by atoms with van der Waals surface area (Å²) >= 11 is 9.25. The van der Waals surface area contributed by atoms with Crippen molar-refractivity contribution in [3.8, 4) is 0 Å². The fourth-order valence-electron chi connectivity index (χ4n) is 2.45. The van der Waals surface area contributed by atoms with Gasteiger partial charge in [-0.25, -0.2) is 0 Å². The summed E-state index contributed by atoms with van der Waals surface area (Å²) in [6.07, 6.45) is 1.96. The first-order valence-electron chi connectivity index (χ1n) is 7.64. The molecule has 0 radical (unpaired) electrons. The molecule has 25 heavy (non-hydrogen) atoms. The number of thioether (sulfide) groups is 1. The lowest BCUT2D eigenvalue weighted by Crippen LogP contribution is -2.19. The van der Waals surface area contributed by atoms with Crippen LogP contribution in [0.3, 0.4) is 0 Å². The fourth-order valence-corrected chi connectivity index (χ4v) is 4.14. The molecule has 3 rings (SSSR count). The number of benzene rings is 2. The number of para-hydroxylation sites is 1. The number of carbonyl (C=O) groups excluding carboxylic acids is 1. The highest BCUT2D eigenvalue weighted by Crippen LogP contribution is 2.24. The van der Waals surface area contributed by atoms with E-state index in [4.69, 9.17) is 16.3 Å². The number of halogens is 1. The van der Waals surface area contributed by atoms with Gasteiger partial charge in [0.2, 0.25) is 0 Å². The number of aromatic nitrogens is 1. The Hall–Kier alpha value is -1.60. The van der Waals surface area contributed by atoms with E-state index in [1.54, 1.807) is 31.0 Å². The number of hydrogen-bond acceptors (Lipinski definition) is 4. The van der Waals surface area contributed by atoms with Gasteiger partial charge in [0.25, 0.3) is 5.91 Å². The summed E-state index contributed by atoms with van der Waals surface area (Å²) < 4.78 is 8.28. The van der Waals surface area contributed by atoms with E-state index >= 15 is 0 Å². The Morgan fingerprint density at radius 1 is 1.32 bits per heavy atom. The SMILES string of the molecule is COCCn1c(=NC(=O)c2cc(SC)ccc2Cl)sc2ccccc21. The van der Waals surface area contributed by atoms with Crippen LogP contribution in [0.4, 0.5) is 0 Å². The molecular weight excluding hydrogens is 376 g/mol. The Kier molecular flexibility index (Phi) is 5.96. The summed E-state index contributed by atoms with van der Waals surface area (Å²) in [7, 11) is 1.66. The highest BCUT2D eigenvalue weighted by atomic mass is 35.5. The van der Waals surface area contributed by atoms with Gasteiger partial charge in [-0.2, -0.15) is 4.99 Å². The van der Waals surface area contributed by atoms with Crippen molar-refractivity contribution in [1.82, 2.24) is 4.57 Å². The van der Waals surface area contributed by atoms with Gasteiger partial charge >= 0.3 is 0 Å². The first-order chi connectivity index (χ1) is 12.1. The Bertz CT molecular complexity index is 979. The van der Waals surface area contributed by atoms with Gasteiger partial charge in [0.05, 0.1) is 27.4 Å². The molecule has 0 aliphatic rings. The molecule has 7 heteroatoms. The van der Waals surface area contributed by atoms with Crippen LogP contribution in [-0.4, -0.2) is 30.4 Å². The molecule has 0 unspecified atom stereocenters. The average molecular weight is 393 g/mol. The quantitative estimate of drug-likeness (QED) is 0.602. The normalized spacial score (nSPS) is 12.0. The second kappa shape index (κ2) is 8.19. The zero-order valence-corrected chi connectivity index (χ0v) is 16.2. The topological polar surface area (TPSA) is 43.6 Å². The molecule has 0 spiro atoms. The van der Waals surface area contributed by atoms with Gasteiger partial charge in [0, 0.05) is 18.6 Å². The first-order valence-corrected chi connectivity index (χ1v) is 10.1. The van der Waals surface area contributed by atoms with E-state index < -0.39 is 0 Å². The zero-order valence-electron chi connectivity index (χ0n) is 13.9. The van der Waals surface area contributed by atoms with Crippen molar-refractivity contribution in [2.45, 2.75) is 11.4 Å². The number of nitrogens with zero attached hydrogens (tertiary/aromatic N) is 2. The van der Waals surface area contributed by atoms with E-state index in [1.165, 1.54) is 11.3 Å². The van der Waals surface area contributed by atoms with Crippen molar-refractivity contribution in [3.05, 3.63) is 57.9 Å². The number of ether oxygens (including phenoxy) is 1. The predicted octanol–water partition coefficient (Wildman–Crippen LogP) is 4.47. The fraction of sp³-hybridized carbons (Fsp3) is 0.222. The average Bonchev–Trinajstić information content (AvgIpc) is 2.97. The van der Waals surface area contributed by atoms with Gasteiger partial charge in [-0.15, -0.1) is 11.8 Å². The van der Waals surface area contributed by atoms with E-state index in [-0.39, 0.29) is 5.91 Å². The molecule has 2 aromatic carbocycles. The predicted molar refractivity (Wildman–Crippen MR) is 105 cm³/mol. The molecule has 1 aromatic heterocycles. The monoisotopic (exact) mass is 392 g/mol. The second-order valence-electron chi connectivity index (χ2n) is 5.26. The van der Waals surface area contributed by atoms with Crippen LogP contribution in [0.2, 0.25) is 5.02 Å². The Balaban J connectivity index is 2.10. The van der Waals surface area contributed by atoms with E-state index in [9.17, 15) is 4.79 Å². The number of carbonyl (C=O) groups is 1. The van der Waals surface area contributed by atoms with Crippen molar-refractivity contribution in [3.63, 3.8) is 0 Å². The highest BCUT2D eigenvalue weighted by molar-refractivity contribution is 7.98. The van der Waals surface area contributed by atoms with Crippen molar-refractivity contribution in [1.29, 1.82) is 0 Å². The van der Waals surface area contributed by atoms with Gasteiger partial charge in [0.1, 0.15) is 0 Å². The standard InChI is InChI=1S/C18H17ClN2O2S2/c1-23-10-9-21-15-5-3-4-6-16(15)25-18(21)20-17(22)13-11-12(24-2)7-8-14(13)19/h3-8,11H,9-10H2,1-2H3. The van der Waals surface area contributed by atoms with Crippen LogP contribution in [-0.2, 0) is 11.3 Å². The van der Waals surface area contributed by atoms with E-state index in [0.717, 1.165) is 15.1 Å². The maximum absolute atomic E-state index is 12.7. The molecule has 0 fully saturated rings. The summed E-state index contributed by atoms with van der Waals surface area (Å²) in [5, 5.41) is 0.413. The molecule has 0 aliphatic heterocycles. The van der Waals surface area contributed by atoms with Crippen LogP contribution in [0, 0.1) is 0 Å². The minimum Gasteiger partial charge on any atom is -0.383 e. The summed E-state index contributed by atoms with van der Waals surface area (Å²) in [4.78, 5) is 18.7. The zero-order chi connectivity index (χ0) is 17.8. The second-order valence-corrected chi connectivity index (χ2v) is 7.56. The number of thiazole rings is 1. The van der Waals surface area contributed by atoms with Crippen LogP contribution in [0.25, 0.3) is 10.2 Å². The van der Waals surface area contributed by atoms with Crippen molar-refractivity contribution < 1.29 is 9.53 Å². The summed E-state index contributed by atoms with van der Waals surface area (Å²) in [5.41, 5.74) is 1.46. The van der Waals surface area contributed by atoms with Crippen molar-refractivity contribution >= 4 is 50.8 Å². The first kappa shape index (κ1) is 18.2. The Labute approximate surface area is 159 Å². The van der Waals surface area contributed by atoms with Crippen molar-refractivity contribution in [2.24, 2.45) is 4.99 Å². The molecule has 4 nitrogen and oxygen atoms in total. The summed E-state index contributed by atoms with van der Waals surface area (Å²) in [6, 6.07) is 13.4. The minimum absolute atomic E-state index is 0.335. The molecule has 0 aliphatic carbocycles. The molecule has 1 heterocycles. The lowest BCUT2D eigenvalue weighted by molar-refractivity contribution is 0.0997. The molecule has 1 amide bonds. The third-order valence-corrected chi connectivity index (χ3v) is 5.82. The van der Waals surface area contributed by atoms with Crippen LogP contribution in [0.5, 0.6) is 0 Å². The molecule has 3 aromatic rings. The molecule has 130 valence electrons. The van der Waals surface area contributed by atoms with Crippen LogP contribution < -0.4 is 4.80 Å². The number of rotatable bonds is 5. The molecular formula is C18H17ClN2O2S2. The number of amides is 1. The lowest BCUT2D eigenvalue weighted by Gasteiger charge is -2.05. The summed E-state index contributed by atoms with van der Waals surface area (Å²) in [5.74, 6) is -0.335. The van der Waals surface area contributed by atoms with Gasteiger partial charge in [0.15, 0.2) is 4.80 Å². The molecule has 0 saturated carbocycles. The third-order valence-electron chi connectivity index (χ3n) is 3.71. The largest absolute Gasteiger partial charge is 0.383 e. The minimum atomic E-state index is -0.335. The van der Waals surface area contributed by atoms with E-state index in [1.807, 2.05) is 41.2 Å². The smallest absolute Gasteiger partial charge is 0.281 e. The number of hydrogen-bond donors (Lipinski definition) is 0. The number of fused-ring (bicyclic) bond motifs is 1. The van der Waals surface area contributed by atoms with Gasteiger partial charge in [-0.3, -0.25) is 4.79 Å². The Morgan fingerprint density at radius 3 is 2.88 bits per heavy atom. The van der Waals surface area contributed by atoms with Crippen LogP contribution >= 0.6 is 34.7 Å². The summed E-state index contributed by atoms with van der Waals surface area (Å²) in [6.45, 7) is 1.18. The maximum atomic E-state index is 12.7. The van der Waals surface area contributed by atoms with Crippen LogP contribution in [0.1, 0.15) is 10.4 Å². The van der Waals surface area contributed by atoms with Crippen molar-refractivity contribution in [2.75, 3.05) is 20.0 Å². The molecule has 0 atom stereocenters. The molecule has 0 bridgehead atoms. The molecule has 0 saturated heterocycles. The Morgan fingerprint density at radius 2 is 2.12 bits per heavy atom. The number of methoxy groups -OCH3 is 1. The molecule has 0 N–H and O–H groups in total. The van der Waals surface area contributed by atoms with Gasteiger partial charge < -0.3 is 9.30 Å². The van der Waals surface area contributed by atoms with E-state index in [2.05, 4.69) is 4.99 Å². The highest BCUT2D eigenvalue weighted by Gasteiger charge is 2.12. The lowest BCUT2D eigenvalue weighted by atomic mass is 10.2. The van der Waals surface area contributed by atoms with Crippen LogP contribution in [0.15, 0.2) is 52.4 Å². The van der Waals surface area contributed by atoms with Gasteiger partial charge in [-0.05, 0) is 36.6 Å². The van der Waals surface area contributed by atoms with Gasteiger partial charge in [-0.1, -0.05) is 35.1 Å². The van der Waals surface area contributed by atoms with E-state index in [0.29, 0.717) is 28.5 Å². The maximum Gasteiger partial charge on any atom is 0.281 e.